The van der Waals surface area contributed by atoms with Crippen molar-refractivity contribution in [1.82, 2.24) is 14.3 Å². The van der Waals surface area contributed by atoms with E-state index in [-0.39, 0.29) is 4.90 Å². The van der Waals surface area contributed by atoms with Gasteiger partial charge in [0.15, 0.2) is 0 Å². The minimum atomic E-state index is -3.51. The van der Waals surface area contributed by atoms with Gasteiger partial charge in [-0.2, -0.15) is 0 Å². The van der Waals surface area contributed by atoms with E-state index in [9.17, 15) is 8.42 Å². The van der Waals surface area contributed by atoms with E-state index in [1.165, 1.54) is 12.6 Å². The van der Waals surface area contributed by atoms with E-state index in [4.69, 9.17) is 0 Å². The van der Waals surface area contributed by atoms with Gasteiger partial charge in [0, 0.05) is 18.8 Å². The molecule has 5 nitrogen and oxygen atoms in total. The molecular formula is C21H25N3O2S. The van der Waals surface area contributed by atoms with Crippen LogP contribution in [0.4, 0.5) is 0 Å². The van der Waals surface area contributed by atoms with E-state index in [1.807, 2.05) is 29.9 Å². The minimum absolute atomic E-state index is 0.252. The van der Waals surface area contributed by atoms with Crippen molar-refractivity contribution in [3.8, 4) is 11.3 Å². The Bertz CT molecular complexity index is 1010. The van der Waals surface area contributed by atoms with Crippen LogP contribution in [-0.4, -0.2) is 25.0 Å². The van der Waals surface area contributed by atoms with Crippen molar-refractivity contribution in [2.45, 2.75) is 30.6 Å². The Morgan fingerprint density at radius 3 is 2.48 bits per heavy atom. The van der Waals surface area contributed by atoms with Crippen molar-refractivity contribution in [3.63, 3.8) is 0 Å². The second kappa shape index (κ2) is 8.06. The summed E-state index contributed by atoms with van der Waals surface area (Å²) in [5.41, 5.74) is 4.03. The Hall–Kier alpha value is -2.44. The lowest BCUT2D eigenvalue weighted by Gasteiger charge is -2.18. The predicted molar refractivity (Wildman–Crippen MR) is 108 cm³/mol. The van der Waals surface area contributed by atoms with Crippen LogP contribution in [0.15, 0.2) is 66.0 Å². The highest BCUT2D eigenvalue weighted by Crippen LogP contribution is 2.31. The molecule has 142 valence electrons. The van der Waals surface area contributed by atoms with Gasteiger partial charge in [0.05, 0.1) is 16.9 Å². The number of sulfonamides is 1. The molecule has 0 aliphatic rings. The summed E-state index contributed by atoms with van der Waals surface area (Å²) in [6.45, 7) is 2.18. The molecule has 0 amide bonds. The van der Waals surface area contributed by atoms with Crippen molar-refractivity contribution in [3.05, 3.63) is 72.2 Å². The Morgan fingerprint density at radius 1 is 1.15 bits per heavy atom. The maximum atomic E-state index is 12.3. The van der Waals surface area contributed by atoms with Gasteiger partial charge in [0.1, 0.15) is 0 Å². The number of nitrogens with one attached hydrogen (secondary N) is 1. The smallest absolute Gasteiger partial charge is 0.240 e. The van der Waals surface area contributed by atoms with Crippen LogP contribution >= 0.6 is 0 Å². The summed E-state index contributed by atoms with van der Waals surface area (Å²) in [5, 5.41) is 0. The Balaban J connectivity index is 2.06. The van der Waals surface area contributed by atoms with Gasteiger partial charge >= 0.3 is 0 Å². The van der Waals surface area contributed by atoms with E-state index in [0.717, 1.165) is 29.7 Å². The number of hydrogen-bond donors (Lipinski definition) is 1. The zero-order chi connectivity index (χ0) is 19.4. The maximum Gasteiger partial charge on any atom is 0.240 e. The lowest BCUT2D eigenvalue weighted by atomic mass is 9.88. The number of aryl methyl sites for hydroxylation is 1. The highest BCUT2D eigenvalue weighted by atomic mass is 32.2. The summed E-state index contributed by atoms with van der Waals surface area (Å²) in [6.07, 6.45) is 5.47. The van der Waals surface area contributed by atoms with E-state index < -0.39 is 10.0 Å². The zero-order valence-electron chi connectivity index (χ0n) is 15.9. The van der Waals surface area contributed by atoms with Crippen LogP contribution in [0.1, 0.15) is 30.4 Å². The van der Waals surface area contributed by atoms with E-state index in [2.05, 4.69) is 40.9 Å². The van der Waals surface area contributed by atoms with Crippen molar-refractivity contribution >= 4 is 10.0 Å². The molecule has 0 saturated carbocycles. The second-order valence-corrected chi connectivity index (χ2v) is 8.56. The number of nitrogens with zero attached hydrogens (tertiary/aromatic N) is 2. The molecule has 1 atom stereocenters. The average molecular weight is 384 g/mol. The van der Waals surface area contributed by atoms with Gasteiger partial charge in [0.25, 0.3) is 0 Å². The van der Waals surface area contributed by atoms with Gasteiger partial charge in [-0.25, -0.2) is 18.1 Å². The first-order chi connectivity index (χ1) is 12.9. The average Bonchev–Trinajstić information content (AvgIpc) is 3.13. The summed E-state index contributed by atoms with van der Waals surface area (Å²) in [5.74, 6) is 0.361. The molecule has 3 rings (SSSR count). The first kappa shape index (κ1) is 19.3. The van der Waals surface area contributed by atoms with E-state index in [1.54, 1.807) is 18.5 Å². The van der Waals surface area contributed by atoms with Crippen LogP contribution in [-0.2, 0) is 23.5 Å². The molecule has 3 aromatic rings. The third kappa shape index (κ3) is 4.28. The minimum Gasteiger partial charge on any atom is -0.340 e. The molecule has 27 heavy (non-hydrogen) atoms. The van der Waals surface area contributed by atoms with Crippen molar-refractivity contribution in [2.75, 3.05) is 7.05 Å². The van der Waals surface area contributed by atoms with Crippen LogP contribution in [0.25, 0.3) is 11.3 Å². The summed E-state index contributed by atoms with van der Waals surface area (Å²) in [7, 11) is -0.181. The quantitative estimate of drug-likeness (QED) is 0.676. The molecule has 6 heteroatoms. The second-order valence-electron chi connectivity index (χ2n) is 6.67. The van der Waals surface area contributed by atoms with Crippen LogP contribution < -0.4 is 4.72 Å². The van der Waals surface area contributed by atoms with Gasteiger partial charge < -0.3 is 4.57 Å². The van der Waals surface area contributed by atoms with Crippen LogP contribution in [0.2, 0.25) is 0 Å². The molecular weight excluding hydrogens is 358 g/mol. The molecule has 0 saturated heterocycles. The molecule has 0 fully saturated rings. The normalized spacial score (nSPS) is 12.9. The summed E-state index contributed by atoms with van der Waals surface area (Å²) in [4.78, 5) is 4.70. The monoisotopic (exact) mass is 383 g/mol. The standard InChI is InChI=1S/C21H25N3O2S/c1-4-16(17-8-6-5-7-9-17)12-18-10-11-19(27(25,26)22-2)13-20(18)21-14-24(3)15-23-21/h5-11,13-16,22H,4,12H2,1-3H3. The van der Waals surface area contributed by atoms with Gasteiger partial charge in [-0.15, -0.1) is 0 Å². The molecule has 1 heterocycles. The summed E-state index contributed by atoms with van der Waals surface area (Å²) in [6, 6.07) is 15.7. The molecule has 0 radical (unpaired) electrons. The molecule has 1 aromatic heterocycles. The molecule has 0 aliphatic heterocycles. The third-order valence-electron chi connectivity index (χ3n) is 4.87. The Kier molecular flexibility index (Phi) is 5.77. The SMILES string of the molecule is CCC(Cc1ccc(S(=O)(=O)NC)cc1-c1cn(C)cn1)c1ccccc1. The maximum absolute atomic E-state index is 12.3. The first-order valence-corrected chi connectivity index (χ1v) is 10.5. The Morgan fingerprint density at radius 2 is 1.89 bits per heavy atom. The predicted octanol–water partition coefficient (Wildman–Crippen LogP) is 3.73. The molecule has 2 aromatic carbocycles. The molecule has 0 aliphatic carbocycles. The van der Waals surface area contributed by atoms with Crippen molar-refractivity contribution in [2.24, 2.45) is 7.05 Å². The number of hydrogen-bond acceptors (Lipinski definition) is 3. The molecule has 0 spiro atoms. The fourth-order valence-corrected chi connectivity index (χ4v) is 4.05. The van der Waals surface area contributed by atoms with Gasteiger partial charge in [-0.05, 0) is 49.1 Å². The fraction of sp³-hybridized carbons (Fsp3) is 0.286. The van der Waals surface area contributed by atoms with E-state index >= 15 is 0 Å². The number of imidazole rings is 1. The first-order valence-electron chi connectivity index (χ1n) is 9.04. The largest absolute Gasteiger partial charge is 0.340 e. The van der Waals surface area contributed by atoms with Gasteiger partial charge in [-0.3, -0.25) is 0 Å². The highest BCUT2D eigenvalue weighted by molar-refractivity contribution is 7.89. The number of benzene rings is 2. The van der Waals surface area contributed by atoms with Crippen LogP contribution in [0.3, 0.4) is 0 Å². The Labute approximate surface area is 161 Å². The van der Waals surface area contributed by atoms with E-state index in [0.29, 0.717) is 5.92 Å². The zero-order valence-corrected chi connectivity index (χ0v) is 16.7. The summed E-state index contributed by atoms with van der Waals surface area (Å²) < 4.78 is 28.8. The van der Waals surface area contributed by atoms with Gasteiger partial charge in [0.2, 0.25) is 10.0 Å². The van der Waals surface area contributed by atoms with Crippen LogP contribution in [0, 0.1) is 0 Å². The van der Waals surface area contributed by atoms with Crippen molar-refractivity contribution in [1.29, 1.82) is 0 Å². The van der Waals surface area contributed by atoms with Crippen LogP contribution in [0.5, 0.6) is 0 Å². The highest BCUT2D eigenvalue weighted by Gasteiger charge is 2.19. The molecule has 1 unspecified atom stereocenters. The number of rotatable bonds is 7. The number of aromatic nitrogens is 2. The summed E-state index contributed by atoms with van der Waals surface area (Å²) >= 11 is 0. The third-order valence-corrected chi connectivity index (χ3v) is 6.28. The lowest BCUT2D eigenvalue weighted by molar-refractivity contribution is 0.588. The molecule has 0 bridgehead atoms. The van der Waals surface area contributed by atoms with Gasteiger partial charge in [-0.1, -0.05) is 43.3 Å². The fourth-order valence-electron chi connectivity index (χ4n) is 3.30. The topological polar surface area (TPSA) is 64.0 Å². The van der Waals surface area contributed by atoms with Crippen molar-refractivity contribution < 1.29 is 8.42 Å². The molecule has 1 N–H and O–H groups in total. The lowest BCUT2D eigenvalue weighted by Crippen LogP contribution is -2.18.